The number of nitrogens with zero attached hydrogens (tertiary/aromatic N) is 3. The van der Waals surface area contributed by atoms with Gasteiger partial charge in [0.2, 0.25) is 0 Å². The van der Waals surface area contributed by atoms with Crippen molar-refractivity contribution in [2.45, 2.75) is 37.3 Å². The number of imidazole rings is 1. The van der Waals surface area contributed by atoms with Crippen LogP contribution in [0.25, 0.3) is 11.0 Å². The van der Waals surface area contributed by atoms with E-state index < -0.39 is 0 Å². The van der Waals surface area contributed by atoms with Crippen LogP contribution in [-0.2, 0) is 11.8 Å². The van der Waals surface area contributed by atoms with Crippen molar-refractivity contribution in [3.63, 3.8) is 0 Å². The highest BCUT2D eigenvalue weighted by atomic mass is 16.5. The number of rotatable bonds is 2. The highest BCUT2D eigenvalue weighted by Crippen LogP contribution is 2.27. The first-order valence-electron chi connectivity index (χ1n) is 11.6. The van der Waals surface area contributed by atoms with Gasteiger partial charge in [0.05, 0.1) is 41.4 Å². The van der Waals surface area contributed by atoms with Crippen molar-refractivity contribution in [1.29, 1.82) is 0 Å². The van der Waals surface area contributed by atoms with E-state index in [1.54, 1.807) is 4.57 Å². The molecule has 4 heterocycles. The normalized spacial score (nSPS) is 24.2. The average molecular weight is 424 g/mol. The minimum atomic E-state index is 0.000341. The molecule has 3 aliphatic heterocycles. The van der Waals surface area contributed by atoms with Gasteiger partial charge in [0.15, 0.2) is 0 Å². The first-order valence-corrected chi connectivity index (χ1v) is 11.6. The van der Waals surface area contributed by atoms with E-state index in [4.69, 9.17) is 4.74 Å². The van der Waals surface area contributed by atoms with Crippen LogP contribution in [0.2, 0.25) is 0 Å². The molecule has 3 aliphatic rings. The second kappa shape index (κ2) is 8.79. The van der Waals surface area contributed by atoms with Gasteiger partial charge in [-0.15, -0.1) is 0 Å². The van der Waals surface area contributed by atoms with Crippen molar-refractivity contribution in [1.82, 2.24) is 24.7 Å². The fourth-order valence-electron chi connectivity index (χ4n) is 5.44. The molecule has 7 heteroatoms. The first kappa shape index (κ1) is 20.8. The van der Waals surface area contributed by atoms with Crippen LogP contribution in [0.4, 0.5) is 0 Å². The molecule has 31 heavy (non-hydrogen) atoms. The van der Waals surface area contributed by atoms with Gasteiger partial charge in [0.1, 0.15) is 0 Å². The molecule has 0 amide bonds. The van der Waals surface area contributed by atoms with Gasteiger partial charge in [-0.3, -0.25) is 14.0 Å². The molecule has 7 nitrogen and oxygen atoms in total. The zero-order chi connectivity index (χ0) is 21.3. The van der Waals surface area contributed by atoms with Crippen molar-refractivity contribution < 1.29 is 4.74 Å². The lowest BCUT2D eigenvalue weighted by atomic mass is 9.90. The van der Waals surface area contributed by atoms with Crippen LogP contribution in [0.3, 0.4) is 0 Å². The maximum Gasteiger partial charge on any atom is 0.329 e. The molecule has 1 atom stereocenters. The van der Waals surface area contributed by atoms with E-state index in [0.29, 0.717) is 0 Å². The smallest absolute Gasteiger partial charge is 0.329 e. The van der Waals surface area contributed by atoms with Gasteiger partial charge in [-0.05, 0) is 57.5 Å². The van der Waals surface area contributed by atoms with Gasteiger partial charge in [-0.2, -0.15) is 0 Å². The fraction of sp³-hybridized carbons (Fsp3) is 0.625. The van der Waals surface area contributed by atoms with Crippen molar-refractivity contribution in [2.75, 3.05) is 52.4 Å². The quantitative estimate of drug-likeness (QED) is 0.708. The third-order valence-electron chi connectivity index (χ3n) is 7.11. The molecule has 3 fully saturated rings. The molecule has 3 saturated heterocycles. The van der Waals surface area contributed by atoms with Crippen LogP contribution < -0.4 is 16.3 Å². The SMILES string of the molecule is Cn1c(=O)n(C2CCCNC2)c2cccc(C#CCN3CCOC4(CCNCC4)C3)c21. The number of hydrogen-bond acceptors (Lipinski definition) is 5. The molecule has 166 valence electrons. The summed E-state index contributed by atoms with van der Waals surface area (Å²) >= 11 is 0. The number of nitrogens with one attached hydrogen (secondary N) is 2. The molecule has 1 aromatic heterocycles. The van der Waals surface area contributed by atoms with Crippen molar-refractivity contribution in [2.24, 2.45) is 7.05 Å². The summed E-state index contributed by atoms with van der Waals surface area (Å²) in [4.78, 5) is 15.5. The summed E-state index contributed by atoms with van der Waals surface area (Å²) < 4.78 is 9.91. The van der Waals surface area contributed by atoms with E-state index in [9.17, 15) is 4.79 Å². The van der Waals surface area contributed by atoms with Crippen LogP contribution in [0.15, 0.2) is 23.0 Å². The van der Waals surface area contributed by atoms with Gasteiger partial charge < -0.3 is 15.4 Å². The Hall–Kier alpha value is -2.11. The van der Waals surface area contributed by atoms with Gasteiger partial charge >= 0.3 is 5.69 Å². The van der Waals surface area contributed by atoms with Crippen LogP contribution >= 0.6 is 0 Å². The number of piperidine rings is 2. The van der Waals surface area contributed by atoms with E-state index >= 15 is 0 Å². The summed E-state index contributed by atoms with van der Waals surface area (Å²) in [6.07, 6.45) is 4.28. The monoisotopic (exact) mass is 423 g/mol. The summed E-state index contributed by atoms with van der Waals surface area (Å²) in [6.45, 7) is 7.34. The van der Waals surface area contributed by atoms with E-state index in [2.05, 4.69) is 33.4 Å². The summed E-state index contributed by atoms with van der Waals surface area (Å²) in [5.74, 6) is 6.77. The molecule has 5 rings (SSSR count). The Balaban J connectivity index is 1.38. The Labute approximate surface area is 183 Å². The molecule has 1 spiro atoms. The second-order valence-electron chi connectivity index (χ2n) is 9.18. The van der Waals surface area contributed by atoms with Crippen LogP contribution in [-0.4, -0.2) is 72.1 Å². The summed E-state index contributed by atoms with van der Waals surface area (Å²) in [6, 6.07) is 6.32. The molecular weight excluding hydrogens is 390 g/mol. The maximum atomic E-state index is 13.1. The summed E-state index contributed by atoms with van der Waals surface area (Å²) in [7, 11) is 1.87. The number of hydrogen-bond donors (Lipinski definition) is 2. The lowest BCUT2D eigenvalue weighted by molar-refractivity contribution is -0.120. The van der Waals surface area contributed by atoms with Gasteiger partial charge in [0, 0.05) is 26.7 Å². The molecule has 1 unspecified atom stereocenters. The van der Waals surface area contributed by atoms with E-state index in [1.807, 2.05) is 23.7 Å². The van der Waals surface area contributed by atoms with Gasteiger partial charge in [-0.1, -0.05) is 17.9 Å². The summed E-state index contributed by atoms with van der Waals surface area (Å²) in [5, 5.41) is 6.86. The minimum absolute atomic E-state index is 0.000341. The van der Waals surface area contributed by atoms with Crippen LogP contribution in [0.5, 0.6) is 0 Å². The number of para-hydroxylation sites is 1. The number of aryl methyl sites for hydroxylation is 1. The Morgan fingerprint density at radius 2 is 2.10 bits per heavy atom. The third-order valence-corrected chi connectivity index (χ3v) is 7.11. The molecule has 0 saturated carbocycles. The molecule has 0 aliphatic carbocycles. The van der Waals surface area contributed by atoms with Crippen molar-refractivity contribution in [3.8, 4) is 11.8 Å². The van der Waals surface area contributed by atoms with E-state index in [1.165, 1.54) is 0 Å². The predicted octanol–water partition coefficient (Wildman–Crippen LogP) is 1.07. The predicted molar refractivity (Wildman–Crippen MR) is 122 cm³/mol. The number of benzene rings is 1. The second-order valence-corrected chi connectivity index (χ2v) is 9.18. The first-order chi connectivity index (χ1) is 15.2. The Morgan fingerprint density at radius 1 is 1.23 bits per heavy atom. The van der Waals surface area contributed by atoms with Crippen molar-refractivity contribution >= 4 is 11.0 Å². The topological polar surface area (TPSA) is 63.5 Å². The molecule has 0 bridgehead atoms. The lowest BCUT2D eigenvalue weighted by Crippen LogP contribution is -2.56. The van der Waals surface area contributed by atoms with Crippen molar-refractivity contribution in [3.05, 3.63) is 34.2 Å². The molecule has 2 aromatic rings. The highest BCUT2D eigenvalue weighted by Gasteiger charge is 2.37. The van der Waals surface area contributed by atoms with E-state index in [-0.39, 0.29) is 17.3 Å². The van der Waals surface area contributed by atoms with Gasteiger partial charge in [0.25, 0.3) is 0 Å². The average Bonchev–Trinajstić information content (AvgIpc) is 3.06. The number of ether oxygens (including phenoxy) is 1. The molecule has 2 N–H and O–H groups in total. The number of fused-ring (bicyclic) bond motifs is 1. The number of aromatic nitrogens is 2. The minimum Gasteiger partial charge on any atom is -0.372 e. The highest BCUT2D eigenvalue weighted by molar-refractivity contribution is 5.83. The van der Waals surface area contributed by atoms with Crippen LogP contribution in [0, 0.1) is 11.8 Å². The zero-order valence-electron chi connectivity index (χ0n) is 18.5. The zero-order valence-corrected chi connectivity index (χ0v) is 18.5. The third kappa shape index (κ3) is 4.06. The number of morpholine rings is 1. The lowest BCUT2D eigenvalue weighted by Gasteiger charge is -2.44. The Kier molecular flexibility index (Phi) is 5.89. The van der Waals surface area contributed by atoms with E-state index in [0.717, 1.165) is 94.7 Å². The molecule has 0 radical (unpaired) electrons. The largest absolute Gasteiger partial charge is 0.372 e. The molecular formula is C24H33N5O2. The molecule has 1 aromatic carbocycles. The fourth-order valence-corrected chi connectivity index (χ4v) is 5.44. The van der Waals surface area contributed by atoms with Crippen LogP contribution in [0.1, 0.15) is 37.3 Å². The Morgan fingerprint density at radius 3 is 2.90 bits per heavy atom. The van der Waals surface area contributed by atoms with Gasteiger partial charge in [-0.25, -0.2) is 4.79 Å². The Bertz CT molecular complexity index is 1040. The summed E-state index contributed by atoms with van der Waals surface area (Å²) in [5.41, 5.74) is 2.93. The maximum absolute atomic E-state index is 13.1. The standard InChI is InChI=1S/C24H33N5O2/c1-27-22-19(5-2-8-21(22)29(23(27)30)20-7-3-11-26-17-20)6-4-14-28-15-16-31-24(18-28)9-12-25-13-10-24/h2,5,8,20,25-26H,3,7,9-18H2,1H3.